The first-order chi connectivity index (χ1) is 13.3. The van der Waals surface area contributed by atoms with E-state index >= 15 is 0 Å². The molecule has 146 valence electrons. The molecule has 28 heavy (non-hydrogen) atoms. The minimum atomic E-state index is -0.481. The van der Waals surface area contributed by atoms with Gasteiger partial charge in [-0.25, -0.2) is 9.78 Å². The largest absolute Gasteiger partial charge is 0.333 e. The third kappa shape index (κ3) is 3.38. The molecule has 0 aliphatic heterocycles. The Morgan fingerprint density at radius 3 is 2.32 bits per heavy atom. The SMILES string of the molecule is CCCn1c(=O)c2c(nc(C(C)(C)C)n2Cc2ccccc2)n(CC#N)c1=O. The summed E-state index contributed by atoms with van der Waals surface area (Å²) in [6.45, 7) is 8.60. The molecule has 0 saturated heterocycles. The first-order valence-corrected chi connectivity index (χ1v) is 9.44. The highest BCUT2D eigenvalue weighted by molar-refractivity contribution is 5.72. The molecule has 7 nitrogen and oxygen atoms in total. The Bertz CT molecular complexity index is 1150. The zero-order chi connectivity index (χ0) is 20.5. The summed E-state index contributed by atoms with van der Waals surface area (Å²) in [6.07, 6.45) is 0.645. The average Bonchev–Trinajstić information content (AvgIpc) is 3.03. The molecule has 0 unspecified atom stereocenters. The van der Waals surface area contributed by atoms with Gasteiger partial charge in [0.25, 0.3) is 5.56 Å². The molecule has 0 radical (unpaired) electrons. The van der Waals surface area contributed by atoms with Crippen LogP contribution in [-0.2, 0) is 25.0 Å². The van der Waals surface area contributed by atoms with Crippen molar-refractivity contribution in [3.05, 3.63) is 62.6 Å². The van der Waals surface area contributed by atoms with Crippen molar-refractivity contribution in [1.82, 2.24) is 18.7 Å². The van der Waals surface area contributed by atoms with Gasteiger partial charge in [0.1, 0.15) is 12.4 Å². The van der Waals surface area contributed by atoms with E-state index in [4.69, 9.17) is 0 Å². The molecule has 0 atom stereocenters. The maximum atomic E-state index is 13.3. The molecule has 0 aliphatic rings. The summed E-state index contributed by atoms with van der Waals surface area (Å²) >= 11 is 0. The Balaban J connectivity index is 2.43. The molecule has 1 aromatic carbocycles. The molecule has 0 amide bonds. The second-order valence-electron chi connectivity index (χ2n) is 7.91. The van der Waals surface area contributed by atoms with E-state index in [0.717, 1.165) is 5.56 Å². The lowest BCUT2D eigenvalue weighted by Crippen LogP contribution is -2.40. The Hall–Kier alpha value is -3.14. The van der Waals surface area contributed by atoms with E-state index < -0.39 is 5.69 Å². The number of benzene rings is 1. The zero-order valence-electron chi connectivity index (χ0n) is 16.8. The van der Waals surface area contributed by atoms with Crippen LogP contribution in [0.1, 0.15) is 45.5 Å². The van der Waals surface area contributed by atoms with E-state index in [2.05, 4.69) is 4.98 Å². The molecule has 3 rings (SSSR count). The van der Waals surface area contributed by atoms with Gasteiger partial charge in [-0.15, -0.1) is 0 Å². The summed E-state index contributed by atoms with van der Waals surface area (Å²) in [4.78, 5) is 30.8. The number of nitrogens with zero attached hydrogens (tertiary/aromatic N) is 5. The van der Waals surface area contributed by atoms with Gasteiger partial charge in [-0.2, -0.15) is 5.26 Å². The summed E-state index contributed by atoms with van der Waals surface area (Å²) in [5.74, 6) is 0.712. The van der Waals surface area contributed by atoms with Crippen LogP contribution in [0.4, 0.5) is 0 Å². The highest BCUT2D eigenvalue weighted by atomic mass is 16.2. The van der Waals surface area contributed by atoms with Crippen molar-refractivity contribution >= 4 is 11.2 Å². The number of rotatable bonds is 5. The Labute approximate surface area is 163 Å². The van der Waals surface area contributed by atoms with Gasteiger partial charge < -0.3 is 4.57 Å². The van der Waals surface area contributed by atoms with Gasteiger partial charge in [-0.1, -0.05) is 58.0 Å². The van der Waals surface area contributed by atoms with Crippen LogP contribution in [0, 0.1) is 11.3 Å². The number of nitriles is 1. The number of hydrogen-bond donors (Lipinski definition) is 0. The standard InChI is InChI=1S/C21H25N5O2/c1-5-12-25-18(27)16-17(24(13-11-22)20(25)28)23-19(21(2,3)4)26(16)14-15-9-7-6-8-10-15/h6-10H,5,12-14H2,1-4H3. The fraction of sp³-hybridized carbons (Fsp3) is 0.429. The predicted molar refractivity (Wildman–Crippen MR) is 108 cm³/mol. The molecular weight excluding hydrogens is 354 g/mol. The van der Waals surface area contributed by atoms with Gasteiger partial charge in [0.2, 0.25) is 0 Å². The first-order valence-electron chi connectivity index (χ1n) is 9.44. The van der Waals surface area contributed by atoms with Crippen molar-refractivity contribution in [1.29, 1.82) is 5.26 Å². The summed E-state index contributed by atoms with van der Waals surface area (Å²) in [7, 11) is 0. The van der Waals surface area contributed by atoms with Crippen molar-refractivity contribution in [3.63, 3.8) is 0 Å². The van der Waals surface area contributed by atoms with Crippen molar-refractivity contribution in [3.8, 4) is 6.07 Å². The van der Waals surface area contributed by atoms with Gasteiger partial charge in [0.15, 0.2) is 11.2 Å². The molecule has 3 aromatic rings. The maximum absolute atomic E-state index is 13.3. The topological polar surface area (TPSA) is 85.6 Å². The smallest absolute Gasteiger partial charge is 0.317 e. The van der Waals surface area contributed by atoms with Gasteiger partial charge in [0.05, 0.1) is 6.07 Å². The summed E-state index contributed by atoms with van der Waals surface area (Å²) in [5.41, 5.74) is 0.512. The number of fused-ring (bicyclic) bond motifs is 1. The van der Waals surface area contributed by atoms with Crippen molar-refractivity contribution in [2.24, 2.45) is 0 Å². The predicted octanol–water partition coefficient (Wildman–Crippen LogP) is 2.64. The molecule has 0 aliphatic carbocycles. The Morgan fingerprint density at radius 2 is 1.75 bits per heavy atom. The van der Waals surface area contributed by atoms with Gasteiger partial charge >= 0.3 is 5.69 Å². The summed E-state index contributed by atoms with van der Waals surface area (Å²) in [5, 5.41) is 9.23. The van der Waals surface area contributed by atoms with Crippen LogP contribution in [0.15, 0.2) is 39.9 Å². The molecule has 0 saturated carbocycles. The lowest BCUT2D eigenvalue weighted by atomic mass is 9.95. The van der Waals surface area contributed by atoms with Crippen molar-refractivity contribution in [2.75, 3.05) is 0 Å². The van der Waals surface area contributed by atoms with E-state index in [-0.39, 0.29) is 23.2 Å². The number of aromatic nitrogens is 4. The normalized spacial score (nSPS) is 11.7. The third-order valence-electron chi connectivity index (χ3n) is 4.64. The minimum absolute atomic E-state index is 0.148. The second-order valence-corrected chi connectivity index (χ2v) is 7.91. The Morgan fingerprint density at radius 1 is 1.07 bits per heavy atom. The second kappa shape index (κ2) is 7.47. The van der Waals surface area contributed by atoms with Crippen molar-refractivity contribution in [2.45, 2.75) is 59.2 Å². The van der Waals surface area contributed by atoms with E-state index in [1.807, 2.05) is 68.7 Å². The third-order valence-corrected chi connectivity index (χ3v) is 4.64. The van der Waals surface area contributed by atoms with Crippen LogP contribution < -0.4 is 11.2 Å². The average molecular weight is 379 g/mol. The maximum Gasteiger partial charge on any atom is 0.333 e. The minimum Gasteiger partial charge on any atom is -0.317 e. The summed E-state index contributed by atoms with van der Waals surface area (Å²) in [6, 6.07) is 11.9. The number of hydrogen-bond acceptors (Lipinski definition) is 4. The molecule has 2 aromatic heterocycles. The summed E-state index contributed by atoms with van der Waals surface area (Å²) < 4.78 is 4.42. The quantitative estimate of drug-likeness (QED) is 0.682. The van der Waals surface area contributed by atoms with Crippen LogP contribution in [0.3, 0.4) is 0 Å². The van der Waals surface area contributed by atoms with Crippen LogP contribution in [0.5, 0.6) is 0 Å². The highest BCUT2D eigenvalue weighted by Gasteiger charge is 2.27. The molecule has 7 heteroatoms. The molecule has 0 spiro atoms. The molecule has 0 bridgehead atoms. The van der Waals surface area contributed by atoms with E-state index in [1.165, 1.54) is 9.13 Å². The van der Waals surface area contributed by atoms with Gasteiger partial charge in [-0.05, 0) is 12.0 Å². The fourth-order valence-corrected chi connectivity index (χ4v) is 3.42. The van der Waals surface area contributed by atoms with Crippen molar-refractivity contribution < 1.29 is 0 Å². The first kappa shape index (κ1) is 19.6. The van der Waals surface area contributed by atoms with Crippen LogP contribution >= 0.6 is 0 Å². The van der Waals surface area contributed by atoms with E-state index in [1.54, 1.807) is 0 Å². The molecule has 0 fully saturated rings. The zero-order valence-corrected chi connectivity index (χ0v) is 16.8. The molecular formula is C21H25N5O2. The van der Waals surface area contributed by atoms with E-state index in [0.29, 0.717) is 30.9 Å². The van der Waals surface area contributed by atoms with Gasteiger partial charge in [-0.3, -0.25) is 13.9 Å². The van der Waals surface area contributed by atoms with Gasteiger partial charge in [0, 0.05) is 18.5 Å². The highest BCUT2D eigenvalue weighted by Crippen LogP contribution is 2.25. The molecule has 2 heterocycles. The number of imidazole rings is 1. The lowest BCUT2D eigenvalue weighted by Gasteiger charge is -2.20. The molecule has 0 N–H and O–H groups in total. The van der Waals surface area contributed by atoms with Crippen LogP contribution in [0.25, 0.3) is 11.2 Å². The van der Waals surface area contributed by atoms with Crippen LogP contribution in [0.2, 0.25) is 0 Å². The van der Waals surface area contributed by atoms with Crippen LogP contribution in [-0.4, -0.2) is 18.7 Å². The monoisotopic (exact) mass is 379 g/mol. The Kier molecular flexibility index (Phi) is 5.23. The lowest BCUT2D eigenvalue weighted by molar-refractivity contribution is 0.515. The fourth-order valence-electron chi connectivity index (χ4n) is 3.42. The van der Waals surface area contributed by atoms with E-state index in [9.17, 15) is 14.9 Å².